The van der Waals surface area contributed by atoms with E-state index >= 15 is 0 Å². The normalized spacial score (nSPS) is 27.2. The van der Waals surface area contributed by atoms with Crippen LogP contribution in [0, 0.1) is 5.92 Å². The quantitative estimate of drug-likeness (QED) is 0.604. The molecule has 13 heavy (non-hydrogen) atoms. The molecule has 0 unspecified atom stereocenters. The minimum Gasteiger partial charge on any atom is -0.385 e. The molecule has 78 valence electrons. The third-order valence-corrected chi connectivity index (χ3v) is 2.53. The van der Waals surface area contributed by atoms with Crippen molar-refractivity contribution >= 4 is 0 Å². The lowest BCUT2D eigenvalue weighted by Crippen LogP contribution is -2.37. The fourth-order valence-electron chi connectivity index (χ4n) is 1.72. The van der Waals surface area contributed by atoms with Crippen LogP contribution in [0.25, 0.3) is 0 Å². The van der Waals surface area contributed by atoms with Crippen LogP contribution in [0.5, 0.6) is 0 Å². The summed E-state index contributed by atoms with van der Waals surface area (Å²) in [5.74, 6) is 0.845. The first kappa shape index (κ1) is 11.0. The van der Waals surface area contributed by atoms with Crippen LogP contribution in [0.3, 0.4) is 0 Å². The van der Waals surface area contributed by atoms with Gasteiger partial charge >= 0.3 is 0 Å². The molecule has 3 heteroatoms. The molecule has 0 saturated heterocycles. The van der Waals surface area contributed by atoms with Crippen molar-refractivity contribution in [3.8, 4) is 0 Å². The molecule has 1 saturated carbocycles. The van der Waals surface area contributed by atoms with Crippen molar-refractivity contribution in [2.75, 3.05) is 33.9 Å². The van der Waals surface area contributed by atoms with Gasteiger partial charge in [0.05, 0.1) is 6.10 Å². The molecular weight excluding hydrogens is 166 g/mol. The van der Waals surface area contributed by atoms with Crippen LogP contribution in [-0.4, -0.2) is 40.0 Å². The zero-order valence-electron chi connectivity index (χ0n) is 8.71. The van der Waals surface area contributed by atoms with Crippen molar-refractivity contribution in [3.63, 3.8) is 0 Å². The van der Waals surface area contributed by atoms with Gasteiger partial charge in [-0.3, -0.25) is 0 Å². The van der Waals surface area contributed by atoms with Gasteiger partial charge in [0.1, 0.15) is 0 Å². The Balaban J connectivity index is 1.84. The molecule has 0 heterocycles. The molecule has 0 aromatic carbocycles. The van der Waals surface area contributed by atoms with Gasteiger partial charge in [-0.25, -0.2) is 0 Å². The number of hydrogen-bond acceptors (Lipinski definition) is 3. The average molecular weight is 187 g/mol. The summed E-state index contributed by atoms with van der Waals surface area (Å²) >= 11 is 0. The van der Waals surface area contributed by atoms with E-state index in [2.05, 4.69) is 5.32 Å². The summed E-state index contributed by atoms with van der Waals surface area (Å²) in [6.07, 6.45) is 4.00. The maximum absolute atomic E-state index is 5.65. The SMILES string of the molecule is CNCC1CC(OCCCOC)C1. The molecule has 0 aromatic heterocycles. The fourth-order valence-corrected chi connectivity index (χ4v) is 1.72. The number of methoxy groups -OCH3 is 1. The maximum Gasteiger partial charge on any atom is 0.0581 e. The summed E-state index contributed by atoms with van der Waals surface area (Å²) in [5.41, 5.74) is 0. The van der Waals surface area contributed by atoms with Gasteiger partial charge in [-0.05, 0) is 38.8 Å². The van der Waals surface area contributed by atoms with E-state index in [1.807, 2.05) is 7.05 Å². The molecular formula is C10H21NO2. The van der Waals surface area contributed by atoms with Gasteiger partial charge in [-0.2, -0.15) is 0 Å². The minimum absolute atomic E-state index is 0.523. The molecule has 1 fully saturated rings. The van der Waals surface area contributed by atoms with Crippen LogP contribution >= 0.6 is 0 Å². The van der Waals surface area contributed by atoms with Gasteiger partial charge in [0.25, 0.3) is 0 Å². The predicted molar refractivity (Wildman–Crippen MR) is 52.9 cm³/mol. The molecule has 0 amide bonds. The third-order valence-electron chi connectivity index (χ3n) is 2.53. The topological polar surface area (TPSA) is 30.5 Å². The van der Waals surface area contributed by atoms with E-state index < -0.39 is 0 Å². The Kier molecular flexibility index (Phi) is 5.35. The Labute approximate surface area is 80.8 Å². The molecule has 3 nitrogen and oxygen atoms in total. The molecule has 0 aliphatic heterocycles. The number of nitrogens with one attached hydrogen (secondary N) is 1. The van der Waals surface area contributed by atoms with Crippen molar-refractivity contribution in [3.05, 3.63) is 0 Å². The molecule has 1 aliphatic carbocycles. The van der Waals surface area contributed by atoms with Crippen molar-refractivity contribution in [2.24, 2.45) is 5.92 Å². The van der Waals surface area contributed by atoms with E-state index in [1.54, 1.807) is 7.11 Å². The monoisotopic (exact) mass is 187 g/mol. The second kappa shape index (κ2) is 6.35. The van der Waals surface area contributed by atoms with Gasteiger partial charge in [0.2, 0.25) is 0 Å². The Morgan fingerprint density at radius 3 is 2.69 bits per heavy atom. The Hall–Kier alpha value is -0.120. The fraction of sp³-hybridized carbons (Fsp3) is 1.00. The summed E-state index contributed by atoms with van der Waals surface area (Å²) in [4.78, 5) is 0. The van der Waals surface area contributed by atoms with Crippen LogP contribution in [0.2, 0.25) is 0 Å². The minimum atomic E-state index is 0.523. The Bertz CT molecular complexity index is 124. The maximum atomic E-state index is 5.65. The van der Waals surface area contributed by atoms with Crippen LogP contribution in [-0.2, 0) is 9.47 Å². The smallest absolute Gasteiger partial charge is 0.0581 e. The first-order chi connectivity index (χ1) is 6.36. The van der Waals surface area contributed by atoms with E-state index in [-0.39, 0.29) is 0 Å². The highest BCUT2D eigenvalue weighted by Crippen LogP contribution is 2.29. The second-order valence-corrected chi connectivity index (χ2v) is 3.73. The highest BCUT2D eigenvalue weighted by Gasteiger charge is 2.28. The molecule has 0 spiro atoms. The highest BCUT2D eigenvalue weighted by molar-refractivity contribution is 4.81. The summed E-state index contributed by atoms with van der Waals surface area (Å²) in [7, 11) is 3.74. The molecule has 0 atom stereocenters. The van der Waals surface area contributed by atoms with Crippen molar-refractivity contribution in [1.29, 1.82) is 0 Å². The van der Waals surface area contributed by atoms with Gasteiger partial charge in [-0.1, -0.05) is 0 Å². The first-order valence-corrected chi connectivity index (χ1v) is 5.12. The van der Waals surface area contributed by atoms with E-state index in [1.165, 1.54) is 12.8 Å². The summed E-state index contributed by atoms with van der Waals surface area (Å²) < 4.78 is 10.6. The molecule has 0 radical (unpaired) electrons. The Morgan fingerprint density at radius 2 is 2.08 bits per heavy atom. The van der Waals surface area contributed by atoms with Crippen LogP contribution in [0.4, 0.5) is 0 Å². The Morgan fingerprint density at radius 1 is 1.31 bits per heavy atom. The average Bonchev–Trinajstić information content (AvgIpc) is 2.07. The lowest BCUT2D eigenvalue weighted by molar-refractivity contribution is -0.0348. The van der Waals surface area contributed by atoms with Crippen LogP contribution < -0.4 is 5.32 Å². The summed E-state index contributed by atoms with van der Waals surface area (Å²) in [6.45, 7) is 2.80. The lowest BCUT2D eigenvalue weighted by Gasteiger charge is -2.35. The van der Waals surface area contributed by atoms with Crippen LogP contribution in [0.15, 0.2) is 0 Å². The number of ether oxygens (including phenoxy) is 2. The van der Waals surface area contributed by atoms with Gasteiger partial charge in [0.15, 0.2) is 0 Å². The molecule has 1 aliphatic rings. The lowest BCUT2D eigenvalue weighted by atomic mass is 9.82. The summed E-state index contributed by atoms with van der Waals surface area (Å²) in [5, 5.41) is 3.19. The second-order valence-electron chi connectivity index (χ2n) is 3.73. The van der Waals surface area contributed by atoms with Gasteiger partial charge < -0.3 is 14.8 Å². The van der Waals surface area contributed by atoms with Crippen LogP contribution in [0.1, 0.15) is 19.3 Å². The zero-order chi connectivity index (χ0) is 9.52. The molecule has 1 rings (SSSR count). The molecule has 1 N–H and O–H groups in total. The largest absolute Gasteiger partial charge is 0.385 e. The first-order valence-electron chi connectivity index (χ1n) is 5.12. The number of rotatable bonds is 7. The van der Waals surface area contributed by atoms with E-state index in [0.29, 0.717) is 6.10 Å². The molecule has 0 bridgehead atoms. The highest BCUT2D eigenvalue weighted by atomic mass is 16.5. The van der Waals surface area contributed by atoms with E-state index in [0.717, 1.165) is 32.1 Å². The molecule has 0 aromatic rings. The predicted octanol–water partition coefficient (Wildman–Crippen LogP) is 1.04. The van der Waals surface area contributed by atoms with E-state index in [4.69, 9.17) is 9.47 Å². The van der Waals surface area contributed by atoms with Crippen molar-refractivity contribution in [1.82, 2.24) is 5.32 Å². The van der Waals surface area contributed by atoms with Crippen molar-refractivity contribution in [2.45, 2.75) is 25.4 Å². The standard InChI is InChI=1S/C10H21NO2/c1-11-8-9-6-10(7-9)13-5-3-4-12-2/h9-11H,3-8H2,1-2H3. The van der Waals surface area contributed by atoms with Gasteiger partial charge in [-0.15, -0.1) is 0 Å². The van der Waals surface area contributed by atoms with E-state index in [9.17, 15) is 0 Å². The third kappa shape index (κ3) is 4.07. The van der Waals surface area contributed by atoms with Crippen molar-refractivity contribution < 1.29 is 9.47 Å². The zero-order valence-corrected chi connectivity index (χ0v) is 8.71. The number of hydrogen-bond donors (Lipinski definition) is 1. The summed E-state index contributed by atoms with van der Waals surface area (Å²) in [6, 6.07) is 0. The van der Waals surface area contributed by atoms with Gasteiger partial charge in [0, 0.05) is 20.3 Å².